The zero-order valence-corrected chi connectivity index (χ0v) is 5.37. The third kappa shape index (κ3) is 1.52. The van der Waals surface area contributed by atoms with Crippen molar-refractivity contribution in [2.24, 2.45) is 5.10 Å². The molecule has 8 heteroatoms. The molecule has 0 bridgehead atoms. The van der Waals surface area contributed by atoms with Gasteiger partial charge in [0.2, 0.25) is 5.70 Å². The fourth-order valence-corrected chi connectivity index (χ4v) is 0.513. The van der Waals surface area contributed by atoms with Crippen molar-refractivity contribution in [1.29, 1.82) is 0 Å². The molecule has 0 spiro atoms. The van der Waals surface area contributed by atoms with Gasteiger partial charge in [0.05, 0.1) is 11.2 Å². The SMILES string of the molecule is O=[N+]([O-])C1=N[N]C(C(F)(F)F)=C1. The Balaban J connectivity index is 2.81. The van der Waals surface area contributed by atoms with Gasteiger partial charge in [0, 0.05) is 0 Å². The van der Waals surface area contributed by atoms with E-state index in [-0.39, 0.29) is 6.08 Å². The summed E-state index contributed by atoms with van der Waals surface area (Å²) in [6.45, 7) is 0. The van der Waals surface area contributed by atoms with Crippen LogP contribution in [0.2, 0.25) is 0 Å². The Hall–Kier alpha value is -1.60. The average molecular weight is 180 g/mol. The lowest BCUT2D eigenvalue weighted by molar-refractivity contribution is -0.348. The Kier molecular flexibility index (Phi) is 1.75. The molecule has 5 nitrogen and oxygen atoms in total. The van der Waals surface area contributed by atoms with E-state index in [0.717, 1.165) is 0 Å². The van der Waals surface area contributed by atoms with Gasteiger partial charge < -0.3 is 10.1 Å². The van der Waals surface area contributed by atoms with E-state index in [1.807, 2.05) is 0 Å². The van der Waals surface area contributed by atoms with Crippen LogP contribution in [0, 0.1) is 10.1 Å². The molecular formula is C4HF3N3O2. The monoisotopic (exact) mass is 180 g/mol. The molecule has 12 heavy (non-hydrogen) atoms. The van der Waals surface area contributed by atoms with Gasteiger partial charge in [-0.05, 0) is 10.3 Å². The normalized spacial score (nSPS) is 16.6. The van der Waals surface area contributed by atoms with Crippen molar-refractivity contribution in [3.05, 3.63) is 21.9 Å². The van der Waals surface area contributed by atoms with Crippen molar-refractivity contribution in [3.8, 4) is 0 Å². The smallest absolute Gasteiger partial charge is 0.358 e. The number of alkyl halides is 3. The summed E-state index contributed by atoms with van der Waals surface area (Å²) in [6.07, 6.45) is -4.40. The summed E-state index contributed by atoms with van der Waals surface area (Å²) >= 11 is 0. The van der Waals surface area contributed by atoms with Crippen LogP contribution in [0.25, 0.3) is 0 Å². The number of amidine groups is 1. The number of nitro groups is 1. The second-order valence-electron chi connectivity index (χ2n) is 1.84. The average Bonchev–Trinajstić information content (AvgIpc) is 2.30. The first-order valence-electron chi connectivity index (χ1n) is 2.63. The van der Waals surface area contributed by atoms with Crippen molar-refractivity contribution in [3.63, 3.8) is 0 Å². The van der Waals surface area contributed by atoms with Crippen LogP contribution in [0.1, 0.15) is 0 Å². The molecule has 0 aliphatic carbocycles. The van der Waals surface area contributed by atoms with E-state index in [4.69, 9.17) is 0 Å². The molecule has 1 aliphatic rings. The Morgan fingerprint density at radius 3 is 2.33 bits per heavy atom. The maximum absolute atomic E-state index is 11.7. The summed E-state index contributed by atoms with van der Waals surface area (Å²) in [6, 6.07) is 0. The highest BCUT2D eigenvalue weighted by Gasteiger charge is 2.41. The van der Waals surface area contributed by atoms with Gasteiger partial charge in [0.15, 0.2) is 0 Å². The van der Waals surface area contributed by atoms with E-state index in [2.05, 4.69) is 10.5 Å². The maximum Gasteiger partial charge on any atom is 0.437 e. The van der Waals surface area contributed by atoms with Gasteiger partial charge >= 0.3 is 12.0 Å². The number of allylic oxidation sites excluding steroid dienone is 1. The van der Waals surface area contributed by atoms with E-state index in [1.54, 1.807) is 0 Å². The molecule has 0 aromatic heterocycles. The minimum Gasteiger partial charge on any atom is -0.358 e. The number of rotatable bonds is 0. The van der Waals surface area contributed by atoms with Crippen LogP contribution in [-0.4, -0.2) is 16.9 Å². The van der Waals surface area contributed by atoms with E-state index >= 15 is 0 Å². The summed E-state index contributed by atoms with van der Waals surface area (Å²) in [5.41, 5.74) is 1.24. The van der Waals surface area contributed by atoms with Crippen LogP contribution >= 0.6 is 0 Å². The molecule has 0 fully saturated rings. The Labute approximate surface area is 63.7 Å². The second kappa shape index (κ2) is 2.47. The first-order valence-corrected chi connectivity index (χ1v) is 2.63. The van der Waals surface area contributed by atoms with Crippen LogP contribution in [-0.2, 0) is 0 Å². The fourth-order valence-electron chi connectivity index (χ4n) is 0.513. The predicted molar refractivity (Wildman–Crippen MR) is 30.7 cm³/mol. The van der Waals surface area contributed by atoms with Gasteiger partial charge in [-0.3, -0.25) is 0 Å². The second-order valence-corrected chi connectivity index (χ2v) is 1.84. The summed E-state index contributed by atoms with van der Waals surface area (Å²) in [4.78, 5) is 8.84. The molecule has 1 radical (unpaired) electrons. The molecular weight excluding hydrogens is 179 g/mol. The minimum absolute atomic E-state index is 0.278. The van der Waals surface area contributed by atoms with Crippen LogP contribution in [0.3, 0.4) is 0 Å². The van der Waals surface area contributed by atoms with Crippen molar-refractivity contribution in [2.45, 2.75) is 6.18 Å². The Morgan fingerprint density at radius 1 is 1.50 bits per heavy atom. The summed E-state index contributed by atoms with van der Waals surface area (Å²) in [5.74, 6) is -0.901. The zero-order chi connectivity index (χ0) is 9.35. The van der Waals surface area contributed by atoms with Gasteiger partial charge in [0.1, 0.15) is 0 Å². The van der Waals surface area contributed by atoms with Crippen LogP contribution in [0.5, 0.6) is 0 Å². The number of hydrogen-bond donors (Lipinski definition) is 0. The number of nitrogens with zero attached hydrogens (tertiary/aromatic N) is 3. The molecule has 0 amide bonds. The lowest BCUT2D eigenvalue weighted by Gasteiger charge is -1.99. The van der Waals surface area contributed by atoms with Crippen molar-refractivity contribution in [2.75, 3.05) is 0 Å². The summed E-state index contributed by atoms with van der Waals surface area (Å²) in [7, 11) is 0. The van der Waals surface area contributed by atoms with Gasteiger partial charge in [-0.15, -0.1) is 0 Å². The largest absolute Gasteiger partial charge is 0.437 e. The van der Waals surface area contributed by atoms with Gasteiger partial charge in [-0.1, -0.05) is 0 Å². The minimum atomic E-state index is -4.68. The molecule has 0 saturated carbocycles. The van der Waals surface area contributed by atoms with Crippen LogP contribution in [0.15, 0.2) is 16.9 Å². The quantitative estimate of drug-likeness (QED) is 0.405. The third-order valence-electron chi connectivity index (χ3n) is 1.00. The molecule has 0 saturated heterocycles. The summed E-state index contributed by atoms with van der Waals surface area (Å²) < 4.78 is 35.2. The molecule has 65 valence electrons. The van der Waals surface area contributed by atoms with Crippen LogP contribution < -0.4 is 5.43 Å². The maximum atomic E-state index is 11.7. The van der Waals surface area contributed by atoms with Crippen molar-refractivity contribution in [1.82, 2.24) is 5.43 Å². The first-order chi connectivity index (χ1) is 5.41. The standard InChI is InChI=1S/C4HF3N3O2/c5-4(6,7)2-1-3(9-8-2)10(11)12/h1H. The lowest BCUT2D eigenvalue weighted by atomic mass is 10.4. The number of hydrogen-bond acceptors (Lipinski definition) is 3. The number of halogens is 3. The molecule has 0 aromatic carbocycles. The van der Waals surface area contributed by atoms with Gasteiger partial charge in [-0.25, -0.2) is 0 Å². The predicted octanol–water partition coefficient (Wildman–Crippen LogP) is 0.641. The fraction of sp³-hybridized carbons (Fsp3) is 0.250. The molecule has 1 aliphatic heterocycles. The highest BCUT2D eigenvalue weighted by molar-refractivity contribution is 5.88. The van der Waals surface area contributed by atoms with Crippen molar-refractivity contribution >= 4 is 5.84 Å². The van der Waals surface area contributed by atoms with E-state index < -0.39 is 22.6 Å². The molecule has 1 heterocycles. The molecule has 1 rings (SSSR count). The third-order valence-corrected chi connectivity index (χ3v) is 1.00. The topological polar surface area (TPSA) is 69.6 Å². The zero-order valence-electron chi connectivity index (χ0n) is 5.37. The molecule has 0 aromatic rings. The van der Waals surface area contributed by atoms with E-state index in [9.17, 15) is 23.3 Å². The molecule has 0 unspecified atom stereocenters. The van der Waals surface area contributed by atoms with Crippen LogP contribution in [0.4, 0.5) is 13.2 Å². The molecule has 0 atom stereocenters. The first kappa shape index (κ1) is 8.50. The van der Waals surface area contributed by atoms with Crippen molar-refractivity contribution < 1.29 is 18.1 Å². The molecule has 0 N–H and O–H groups in total. The highest BCUT2D eigenvalue weighted by Crippen LogP contribution is 2.26. The van der Waals surface area contributed by atoms with Gasteiger partial charge in [0.25, 0.3) is 0 Å². The van der Waals surface area contributed by atoms with Gasteiger partial charge in [-0.2, -0.15) is 13.2 Å². The summed E-state index contributed by atoms with van der Waals surface area (Å²) in [5, 5.41) is 12.6. The Bertz CT molecular complexity index is 280. The Morgan fingerprint density at radius 2 is 2.08 bits per heavy atom. The highest BCUT2D eigenvalue weighted by atomic mass is 19.4. The van der Waals surface area contributed by atoms with E-state index in [0.29, 0.717) is 0 Å². The lowest BCUT2D eigenvalue weighted by Crippen LogP contribution is -2.15. The van der Waals surface area contributed by atoms with E-state index in [1.165, 1.54) is 0 Å².